The summed E-state index contributed by atoms with van der Waals surface area (Å²) in [5, 5.41) is 9.39. The van der Waals surface area contributed by atoms with Crippen molar-refractivity contribution in [2.75, 3.05) is 25.4 Å². The highest BCUT2D eigenvalue weighted by molar-refractivity contribution is 7.99. The molecule has 174 valence electrons. The molecule has 6 nitrogen and oxygen atoms in total. The van der Waals surface area contributed by atoms with E-state index in [0.717, 1.165) is 55.4 Å². The lowest BCUT2D eigenvalue weighted by atomic mass is 9.97. The average Bonchev–Trinajstić information content (AvgIpc) is 3.15. The minimum atomic E-state index is -4.27. The minimum Gasteiger partial charge on any atom is -0.304 e. The predicted molar refractivity (Wildman–Crippen MR) is 120 cm³/mol. The molecule has 33 heavy (non-hydrogen) atoms. The largest absolute Gasteiger partial charge is 0.416 e. The van der Waals surface area contributed by atoms with Crippen molar-refractivity contribution in [3.8, 4) is 11.5 Å². The molecule has 1 aromatic carbocycles. The van der Waals surface area contributed by atoms with Crippen molar-refractivity contribution in [2.24, 2.45) is 12.5 Å². The molecule has 1 saturated heterocycles. The Bertz CT molecular complexity index is 1100. The van der Waals surface area contributed by atoms with Crippen molar-refractivity contribution in [1.82, 2.24) is 29.6 Å². The highest BCUT2D eigenvalue weighted by atomic mass is 32.2. The van der Waals surface area contributed by atoms with Crippen LogP contribution in [-0.2, 0) is 13.2 Å². The average molecular weight is 475 g/mol. The molecule has 5 rings (SSSR count). The molecule has 1 aliphatic heterocycles. The fourth-order valence-electron chi connectivity index (χ4n) is 4.88. The quantitative estimate of drug-likeness (QED) is 0.367. The second-order valence-corrected chi connectivity index (χ2v) is 9.98. The third-order valence-corrected chi connectivity index (χ3v) is 7.88. The summed E-state index contributed by atoms with van der Waals surface area (Å²) >= 11 is 1.68. The van der Waals surface area contributed by atoms with Crippen LogP contribution in [0, 0.1) is 5.41 Å². The van der Waals surface area contributed by atoms with E-state index in [1.807, 2.05) is 11.6 Å². The van der Waals surface area contributed by atoms with Gasteiger partial charge in [0.15, 0.2) is 11.0 Å². The van der Waals surface area contributed by atoms with E-state index in [-0.39, 0.29) is 5.41 Å². The lowest BCUT2D eigenvalue weighted by Crippen LogP contribution is -2.23. The topological polar surface area (TPSA) is 59.7 Å². The molecule has 0 N–H and O–H groups in total. The highest BCUT2D eigenvalue weighted by Gasteiger charge is 2.57. The van der Waals surface area contributed by atoms with E-state index >= 15 is 0 Å². The van der Waals surface area contributed by atoms with Gasteiger partial charge in [0.2, 0.25) is 0 Å². The monoisotopic (exact) mass is 474 g/mol. The van der Waals surface area contributed by atoms with Gasteiger partial charge in [-0.05, 0) is 61.4 Å². The van der Waals surface area contributed by atoms with Crippen LogP contribution in [0.1, 0.15) is 36.3 Å². The Morgan fingerprint density at radius 2 is 1.97 bits per heavy atom. The first kappa shape index (κ1) is 22.3. The van der Waals surface area contributed by atoms with Gasteiger partial charge in [-0.1, -0.05) is 23.9 Å². The van der Waals surface area contributed by atoms with Gasteiger partial charge in [0, 0.05) is 31.7 Å². The fourth-order valence-corrected chi connectivity index (χ4v) is 5.71. The number of hydrogen-bond donors (Lipinski definition) is 0. The third-order valence-electron chi connectivity index (χ3n) is 6.77. The van der Waals surface area contributed by atoms with Crippen LogP contribution in [0.25, 0.3) is 11.5 Å². The third kappa shape index (κ3) is 4.63. The molecule has 0 bridgehead atoms. The standard InChI is InChI=1S/C23H25F3N6S/c1-31-20(19-14-27-8-9-28-19)29-30-21(31)33-12-2-10-32-11-7-22(15-32)13-18(22)16-3-5-17(6-4-16)23(24,25)26/h3-6,8-9,14,18H,2,7,10-13,15H2,1H3. The number of rotatable bonds is 7. The summed E-state index contributed by atoms with van der Waals surface area (Å²) in [6, 6.07) is 5.76. The van der Waals surface area contributed by atoms with Gasteiger partial charge in [-0.2, -0.15) is 13.2 Å². The smallest absolute Gasteiger partial charge is 0.304 e. The molecule has 3 aromatic rings. The normalized spacial score (nSPS) is 22.8. The number of thioether (sulfide) groups is 1. The molecule has 2 aliphatic rings. The first-order chi connectivity index (χ1) is 15.9. The van der Waals surface area contributed by atoms with E-state index in [1.54, 1.807) is 42.5 Å². The van der Waals surface area contributed by atoms with Crippen molar-refractivity contribution in [3.05, 3.63) is 54.0 Å². The number of halogens is 3. The molecule has 3 heterocycles. The Morgan fingerprint density at radius 1 is 1.15 bits per heavy atom. The molecule has 1 saturated carbocycles. The highest BCUT2D eigenvalue weighted by Crippen LogP contribution is 2.64. The number of hydrogen-bond acceptors (Lipinski definition) is 6. The first-order valence-electron chi connectivity index (χ1n) is 11.0. The lowest BCUT2D eigenvalue weighted by molar-refractivity contribution is -0.137. The van der Waals surface area contributed by atoms with E-state index in [4.69, 9.17) is 0 Å². The van der Waals surface area contributed by atoms with Gasteiger partial charge < -0.3 is 9.47 Å². The number of benzene rings is 1. The second kappa shape index (κ2) is 8.72. The molecule has 0 amide bonds. The SMILES string of the molecule is Cn1c(SCCCN2CCC3(CC3c3ccc(C(F)(F)F)cc3)C2)nnc1-c1cnccn1. The summed E-state index contributed by atoms with van der Waals surface area (Å²) in [6.45, 7) is 3.11. The van der Waals surface area contributed by atoms with Crippen LogP contribution in [0.3, 0.4) is 0 Å². The molecule has 2 aromatic heterocycles. The number of aromatic nitrogens is 5. The summed E-state index contributed by atoms with van der Waals surface area (Å²) in [4.78, 5) is 10.9. The summed E-state index contributed by atoms with van der Waals surface area (Å²) < 4.78 is 40.4. The van der Waals surface area contributed by atoms with Crippen molar-refractivity contribution < 1.29 is 13.2 Å². The molecular weight excluding hydrogens is 449 g/mol. The van der Waals surface area contributed by atoms with Crippen LogP contribution in [0.4, 0.5) is 13.2 Å². The van der Waals surface area contributed by atoms with Crippen LogP contribution >= 0.6 is 11.8 Å². The Kier molecular flexibility index (Phi) is 5.90. The molecular formula is C23H25F3N6S. The van der Waals surface area contributed by atoms with Crippen molar-refractivity contribution in [1.29, 1.82) is 0 Å². The van der Waals surface area contributed by atoms with Crippen LogP contribution in [0.2, 0.25) is 0 Å². The number of nitrogens with zero attached hydrogens (tertiary/aromatic N) is 6. The maximum Gasteiger partial charge on any atom is 0.416 e. The lowest BCUT2D eigenvalue weighted by Gasteiger charge is -2.16. The molecule has 0 radical (unpaired) electrons. The molecule has 2 unspecified atom stereocenters. The molecule has 1 aliphatic carbocycles. The first-order valence-corrected chi connectivity index (χ1v) is 12.0. The van der Waals surface area contributed by atoms with Crippen molar-refractivity contribution >= 4 is 11.8 Å². The zero-order valence-electron chi connectivity index (χ0n) is 18.3. The Labute approximate surface area is 194 Å². The summed E-state index contributed by atoms with van der Waals surface area (Å²) in [5.41, 5.74) is 1.43. The van der Waals surface area contributed by atoms with E-state index in [0.29, 0.717) is 17.4 Å². The minimum absolute atomic E-state index is 0.252. The summed E-state index contributed by atoms with van der Waals surface area (Å²) in [5.74, 6) is 2.03. The zero-order chi connectivity index (χ0) is 23.1. The van der Waals surface area contributed by atoms with E-state index < -0.39 is 11.7 Å². The number of likely N-dealkylation sites (tertiary alicyclic amines) is 1. The maximum atomic E-state index is 12.8. The Morgan fingerprint density at radius 3 is 2.70 bits per heavy atom. The molecule has 1 spiro atoms. The predicted octanol–water partition coefficient (Wildman–Crippen LogP) is 4.65. The molecule has 2 fully saturated rings. The van der Waals surface area contributed by atoms with Gasteiger partial charge in [-0.3, -0.25) is 4.98 Å². The zero-order valence-corrected chi connectivity index (χ0v) is 19.1. The second-order valence-electron chi connectivity index (χ2n) is 8.92. The summed E-state index contributed by atoms with van der Waals surface area (Å²) in [7, 11) is 1.94. The van der Waals surface area contributed by atoms with Gasteiger partial charge in [0.1, 0.15) is 5.69 Å². The van der Waals surface area contributed by atoms with Gasteiger partial charge in [-0.25, -0.2) is 4.98 Å². The van der Waals surface area contributed by atoms with Crippen molar-refractivity contribution in [2.45, 2.75) is 36.5 Å². The van der Waals surface area contributed by atoms with Gasteiger partial charge in [0.05, 0.1) is 11.8 Å². The van der Waals surface area contributed by atoms with Gasteiger partial charge >= 0.3 is 6.18 Å². The Balaban J connectivity index is 1.09. The molecule has 2 atom stereocenters. The maximum absolute atomic E-state index is 12.8. The van der Waals surface area contributed by atoms with E-state index in [2.05, 4.69) is 25.1 Å². The van der Waals surface area contributed by atoms with E-state index in [9.17, 15) is 13.2 Å². The van der Waals surface area contributed by atoms with Crippen LogP contribution in [0.15, 0.2) is 48.0 Å². The van der Waals surface area contributed by atoms with Crippen LogP contribution < -0.4 is 0 Å². The van der Waals surface area contributed by atoms with E-state index in [1.165, 1.54) is 12.1 Å². The number of alkyl halides is 3. The van der Waals surface area contributed by atoms with Gasteiger partial charge in [-0.15, -0.1) is 10.2 Å². The molecule has 10 heteroatoms. The van der Waals surface area contributed by atoms with Gasteiger partial charge in [0.25, 0.3) is 0 Å². The fraction of sp³-hybridized carbons (Fsp3) is 0.478. The summed E-state index contributed by atoms with van der Waals surface area (Å²) in [6.07, 6.45) is 3.91. The van der Waals surface area contributed by atoms with Crippen LogP contribution in [-0.4, -0.2) is 55.0 Å². The van der Waals surface area contributed by atoms with Crippen LogP contribution in [0.5, 0.6) is 0 Å². The Hall–Kier alpha value is -2.46. The van der Waals surface area contributed by atoms with Crippen molar-refractivity contribution in [3.63, 3.8) is 0 Å².